The van der Waals surface area contributed by atoms with E-state index in [2.05, 4.69) is 12.8 Å². The highest BCUT2D eigenvalue weighted by Gasteiger charge is 1.92. The summed E-state index contributed by atoms with van der Waals surface area (Å²) in [7, 11) is 0. The average Bonchev–Trinajstić information content (AvgIpc) is 1.83. The molecule has 1 heteroatoms. The Kier molecular flexibility index (Phi) is 4.39. The summed E-state index contributed by atoms with van der Waals surface area (Å²) in [5.74, 6) is 2.48. The second-order valence-corrected chi connectivity index (χ2v) is 1.92. The van der Waals surface area contributed by atoms with Gasteiger partial charge in [-0.3, -0.25) is 0 Å². The van der Waals surface area contributed by atoms with Gasteiger partial charge in [-0.1, -0.05) is 25.7 Å². The molecule has 0 fully saturated rings. The quantitative estimate of drug-likeness (QED) is 0.543. The Morgan fingerprint density at radius 1 is 1.75 bits per heavy atom. The van der Waals surface area contributed by atoms with Crippen LogP contribution < -0.4 is 5.73 Å². The molecule has 0 bridgehead atoms. The minimum absolute atomic E-state index is 0.0186. The predicted molar refractivity (Wildman–Crippen MR) is 36.3 cm³/mol. The summed E-state index contributed by atoms with van der Waals surface area (Å²) < 4.78 is 0. The van der Waals surface area contributed by atoms with Crippen LogP contribution >= 0.6 is 0 Å². The van der Waals surface area contributed by atoms with Crippen molar-refractivity contribution in [1.29, 1.82) is 0 Å². The van der Waals surface area contributed by atoms with Crippen LogP contribution in [0.4, 0.5) is 0 Å². The summed E-state index contributed by atoms with van der Waals surface area (Å²) in [5.41, 5.74) is 5.42. The first-order valence-electron chi connectivity index (χ1n) is 3.03. The number of terminal acetylenes is 1. The van der Waals surface area contributed by atoms with Crippen LogP contribution in [0.15, 0.2) is 0 Å². The lowest BCUT2D eigenvalue weighted by molar-refractivity contribution is 0.667. The Hall–Kier alpha value is -0.480. The lowest BCUT2D eigenvalue weighted by Gasteiger charge is -1.99. The first kappa shape index (κ1) is 7.52. The van der Waals surface area contributed by atoms with E-state index in [4.69, 9.17) is 12.2 Å². The van der Waals surface area contributed by atoms with Crippen LogP contribution in [0.3, 0.4) is 0 Å². The zero-order chi connectivity index (χ0) is 6.41. The fourth-order valence-corrected chi connectivity index (χ4v) is 0.507. The minimum atomic E-state index is -0.0186. The van der Waals surface area contributed by atoms with E-state index in [0.29, 0.717) is 0 Å². The Morgan fingerprint density at radius 2 is 2.38 bits per heavy atom. The van der Waals surface area contributed by atoms with Gasteiger partial charge in [0.25, 0.3) is 0 Å². The van der Waals surface area contributed by atoms with Gasteiger partial charge in [0.2, 0.25) is 0 Å². The third-order valence-corrected chi connectivity index (χ3v) is 1.08. The Labute approximate surface area is 51.3 Å². The second kappa shape index (κ2) is 4.67. The van der Waals surface area contributed by atoms with Crippen molar-refractivity contribution in [3.63, 3.8) is 0 Å². The molecule has 0 heterocycles. The molecule has 0 aliphatic heterocycles. The molecule has 0 aromatic heterocycles. The average molecular weight is 111 g/mol. The number of nitrogens with two attached hydrogens (primary N) is 1. The van der Waals surface area contributed by atoms with Gasteiger partial charge in [-0.2, -0.15) is 0 Å². The molecule has 1 nitrogen and oxygen atoms in total. The van der Waals surface area contributed by atoms with Crippen molar-refractivity contribution in [2.75, 3.05) is 0 Å². The molecule has 0 saturated heterocycles. The van der Waals surface area contributed by atoms with Crippen LogP contribution in [0, 0.1) is 12.3 Å². The van der Waals surface area contributed by atoms with Crippen molar-refractivity contribution in [2.45, 2.75) is 32.2 Å². The zero-order valence-electron chi connectivity index (χ0n) is 5.35. The molecule has 1 atom stereocenters. The molecule has 0 radical (unpaired) electrons. The predicted octanol–water partition coefficient (Wildman–Crippen LogP) is 1.14. The third kappa shape index (κ3) is 3.70. The van der Waals surface area contributed by atoms with E-state index in [9.17, 15) is 0 Å². The Balaban J connectivity index is 3.02. The molecular weight excluding hydrogens is 98.1 g/mol. The van der Waals surface area contributed by atoms with Crippen LogP contribution in [-0.4, -0.2) is 6.04 Å². The summed E-state index contributed by atoms with van der Waals surface area (Å²) in [4.78, 5) is 0. The normalized spacial score (nSPS) is 12.6. The molecular formula is C7H13N. The van der Waals surface area contributed by atoms with Crippen molar-refractivity contribution in [1.82, 2.24) is 0 Å². The largest absolute Gasteiger partial charge is 0.318 e. The van der Waals surface area contributed by atoms with Crippen LogP contribution in [0.25, 0.3) is 0 Å². The van der Waals surface area contributed by atoms with E-state index in [-0.39, 0.29) is 6.04 Å². The van der Waals surface area contributed by atoms with Crippen molar-refractivity contribution >= 4 is 0 Å². The maximum atomic E-state index is 5.42. The standard InChI is InChI=1S/C7H13N/c1-3-5-6-7(8)4-2/h2,7H,3,5-6,8H2,1H3/t7-/m1/s1. The Morgan fingerprint density at radius 3 is 2.75 bits per heavy atom. The number of unbranched alkanes of at least 4 members (excludes halogenated alkanes) is 1. The SMILES string of the molecule is C#C[C@@H](N)CCCC. The maximum absolute atomic E-state index is 5.42. The second-order valence-electron chi connectivity index (χ2n) is 1.92. The maximum Gasteiger partial charge on any atom is 0.0661 e. The van der Waals surface area contributed by atoms with Gasteiger partial charge < -0.3 is 5.73 Å². The van der Waals surface area contributed by atoms with Crippen LogP contribution in [0.2, 0.25) is 0 Å². The summed E-state index contributed by atoms with van der Waals surface area (Å²) in [5, 5.41) is 0. The minimum Gasteiger partial charge on any atom is -0.318 e. The number of hydrogen-bond acceptors (Lipinski definition) is 1. The monoisotopic (exact) mass is 111 g/mol. The van der Waals surface area contributed by atoms with E-state index >= 15 is 0 Å². The molecule has 0 amide bonds. The van der Waals surface area contributed by atoms with E-state index in [0.717, 1.165) is 12.8 Å². The molecule has 0 aromatic carbocycles. The summed E-state index contributed by atoms with van der Waals surface area (Å²) in [6, 6.07) is -0.0186. The molecule has 0 aliphatic rings. The molecule has 0 aromatic rings. The molecule has 0 rings (SSSR count). The molecule has 0 spiro atoms. The Bertz CT molecular complexity index is 80.9. The molecule has 0 saturated carbocycles. The summed E-state index contributed by atoms with van der Waals surface area (Å²) in [6.45, 7) is 2.13. The highest BCUT2D eigenvalue weighted by Crippen LogP contribution is 1.95. The summed E-state index contributed by atoms with van der Waals surface area (Å²) >= 11 is 0. The zero-order valence-corrected chi connectivity index (χ0v) is 5.35. The van der Waals surface area contributed by atoms with Gasteiger partial charge in [0.1, 0.15) is 0 Å². The van der Waals surface area contributed by atoms with Crippen LogP contribution in [-0.2, 0) is 0 Å². The van der Waals surface area contributed by atoms with Crippen LogP contribution in [0.1, 0.15) is 26.2 Å². The van der Waals surface area contributed by atoms with Gasteiger partial charge >= 0.3 is 0 Å². The topological polar surface area (TPSA) is 26.0 Å². The van der Waals surface area contributed by atoms with Crippen molar-refractivity contribution in [3.8, 4) is 12.3 Å². The highest BCUT2D eigenvalue weighted by molar-refractivity contribution is 4.95. The van der Waals surface area contributed by atoms with Gasteiger partial charge in [0.15, 0.2) is 0 Å². The number of rotatable bonds is 3. The fourth-order valence-electron chi connectivity index (χ4n) is 0.507. The first-order valence-corrected chi connectivity index (χ1v) is 3.03. The third-order valence-electron chi connectivity index (χ3n) is 1.08. The molecule has 0 aliphatic carbocycles. The van der Waals surface area contributed by atoms with E-state index in [1.165, 1.54) is 6.42 Å². The lowest BCUT2D eigenvalue weighted by atomic mass is 10.1. The van der Waals surface area contributed by atoms with Gasteiger partial charge in [-0.15, -0.1) is 6.42 Å². The van der Waals surface area contributed by atoms with Gasteiger partial charge in [0, 0.05) is 0 Å². The van der Waals surface area contributed by atoms with Gasteiger partial charge in [0.05, 0.1) is 6.04 Å². The molecule has 0 unspecified atom stereocenters. The van der Waals surface area contributed by atoms with Crippen molar-refractivity contribution in [3.05, 3.63) is 0 Å². The van der Waals surface area contributed by atoms with Crippen LogP contribution in [0.5, 0.6) is 0 Å². The summed E-state index contributed by atoms with van der Waals surface area (Å²) in [6.07, 6.45) is 8.32. The lowest BCUT2D eigenvalue weighted by Crippen LogP contribution is -2.16. The number of hydrogen-bond donors (Lipinski definition) is 1. The van der Waals surface area contributed by atoms with Gasteiger partial charge in [-0.25, -0.2) is 0 Å². The van der Waals surface area contributed by atoms with E-state index in [1.54, 1.807) is 0 Å². The van der Waals surface area contributed by atoms with E-state index < -0.39 is 0 Å². The first-order chi connectivity index (χ1) is 3.81. The van der Waals surface area contributed by atoms with E-state index in [1.807, 2.05) is 0 Å². The smallest absolute Gasteiger partial charge is 0.0661 e. The molecule has 8 heavy (non-hydrogen) atoms. The van der Waals surface area contributed by atoms with Crippen molar-refractivity contribution < 1.29 is 0 Å². The van der Waals surface area contributed by atoms with Gasteiger partial charge in [-0.05, 0) is 6.42 Å². The molecule has 46 valence electrons. The van der Waals surface area contributed by atoms with Crippen molar-refractivity contribution in [2.24, 2.45) is 5.73 Å². The highest BCUT2D eigenvalue weighted by atomic mass is 14.6. The molecule has 2 N–H and O–H groups in total. The fraction of sp³-hybridized carbons (Fsp3) is 0.714.